The van der Waals surface area contributed by atoms with Gasteiger partial charge in [-0.15, -0.1) is 0 Å². The molecule has 1 unspecified atom stereocenters. The number of rotatable bonds is 12. The lowest BCUT2D eigenvalue weighted by atomic mass is 10.0. The van der Waals surface area contributed by atoms with Crippen LogP contribution in [0.4, 0.5) is 10.5 Å². The quantitative estimate of drug-likeness (QED) is 0.248. The number of aryl methyl sites for hydroxylation is 1. The Morgan fingerprint density at radius 1 is 1.09 bits per heavy atom. The van der Waals surface area contributed by atoms with Crippen LogP contribution in [0.25, 0.3) is 0 Å². The van der Waals surface area contributed by atoms with Gasteiger partial charge in [0.1, 0.15) is 5.60 Å². The smallest absolute Gasteiger partial charge is 0.407 e. The second-order valence-electron chi connectivity index (χ2n) is 8.77. The zero-order valence-corrected chi connectivity index (χ0v) is 21.7. The summed E-state index contributed by atoms with van der Waals surface area (Å²) in [6.45, 7) is 15.1. The van der Waals surface area contributed by atoms with Crippen molar-refractivity contribution in [3.8, 4) is 0 Å². The van der Waals surface area contributed by atoms with E-state index in [2.05, 4.69) is 5.32 Å². The van der Waals surface area contributed by atoms with Crippen molar-refractivity contribution in [1.82, 2.24) is 5.32 Å². The van der Waals surface area contributed by atoms with E-state index >= 15 is 0 Å². The molecule has 0 aromatic heterocycles. The fourth-order valence-electron chi connectivity index (χ4n) is 3.42. The third-order valence-electron chi connectivity index (χ3n) is 4.80. The number of alkyl carbamates (subject to hydrolysis) is 1. The van der Waals surface area contributed by atoms with E-state index in [1.54, 1.807) is 48.5 Å². The molecule has 0 spiro atoms. The summed E-state index contributed by atoms with van der Waals surface area (Å²) in [5.41, 5.74) is 6.43. The molecule has 0 saturated heterocycles. The normalized spacial score (nSPS) is 15.1. The largest absolute Gasteiger partial charge is 0.444 e. The zero-order chi connectivity index (χ0) is 24.6. The molecule has 8 nitrogen and oxygen atoms in total. The van der Waals surface area contributed by atoms with Crippen LogP contribution in [0.5, 0.6) is 0 Å². The molecule has 9 heteroatoms. The van der Waals surface area contributed by atoms with E-state index in [-0.39, 0.29) is 12.8 Å². The van der Waals surface area contributed by atoms with Crippen LogP contribution in [0.15, 0.2) is 18.2 Å². The van der Waals surface area contributed by atoms with Gasteiger partial charge in [-0.1, -0.05) is 6.07 Å². The molecule has 0 fully saturated rings. The van der Waals surface area contributed by atoms with Crippen molar-refractivity contribution in [1.29, 1.82) is 0 Å². The highest BCUT2D eigenvalue weighted by atomic mass is 31.2. The predicted octanol–water partition coefficient (Wildman–Crippen LogP) is 5.07. The molecule has 0 aliphatic rings. The summed E-state index contributed by atoms with van der Waals surface area (Å²) < 4.78 is 37.0. The van der Waals surface area contributed by atoms with Gasteiger partial charge < -0.3 is 29.8 Å². The molecule has 2 atom stereocenters. The SMILES string of the molecule is CCOC(C)(OCC)P(=O)(C[C@@H](Cc1cc(N)ccc1C)NC(=O)OC(C)(C)C)OCC. The Kier molecular flexibility index (Phi) is 10.7. The van der Waals surface area contributed by atoms with Crippen LogP contribution in [-0.2, 0) is 29.7 Å². The molecule has 0 heterocycles. The van der Waals surface area contributed by atoms with Crippen LogP contribution in [0.3, 0.4) is 0 Å². The molecule has 0 radical (unpaired) electrons. The first-order valence-electron chi connectivity index (χ1n) is 11.1. The number of hydrogen-bond acceptors (Lipinski definition) is 7. The first-order chi connectivity index (χ1) is 14.8. The minimum atomic E-state index is -3.55. The molecule has 0 saturated carbocycles. The highest BCUT2D eigenvalue weighted by Gasteiger charge is 2.49. The molecule has 184 valence electrons. The Morgan fingerprint density at radius 2 is 1.69 bits per heavy atom. The molecule has 3 N–H and O–H groups in total. The third kappa shape index (κ3) is 8.39. The maximum Gasteiger partial charge on any atom is 0.407 e. The number of anilines is 1. The average Bonchev–Trinajstić information content (AvgIpc) is 2.63. The number of hydrogen-bond donors (Lipinski definition) is 2. The van der Waals surface area contributed by atoms with Crippen molar-refractivity contribution in [3.05, 3.63) is 29.3 Å². The molecular weight excluding hydrogens is 431 g/mol. The molecule has 1 amide bonds. The number of benzene rings is 1. The van der Waals surface area contributed by atoms with Gasteiger partial charge in [0, 0.05) is 24.9 Å². The summed E-state index contributed by atoms with van der Waals surface area (Å²) >= 11 is 0. The van der Waals surface area contributed by atoms with Gasteiger partial charge in [0.05, 0.1) is 12.8 Å². The first kappa shape index (κ1) is 28.4. The van der Waals surface area contributed by atoms with Crippen LogP contribution in [-0.4, -0.2) is 49.2 Å². The van der Waals surface area contributed by atoms with Gasteiger partial charge in [0.2, 0.25) is 5.53 Å². The summed E-state index contributed by atoms with van der Waals surface area (Å²) in [6, 6.07) is 5.03. The van der Waals surface area contributed by atoms with E-state index in [4.69, 9.17) is 24.5 Å². The molecule has 1 aromatic rings. The molecular formula is C23H41N2O6P. The number of amides is 1. The minimum Gasteiger partial charge on any atom is -0.444 e. The van der Waals surface area contributed by atoms with Gasteiger partial charge >= 0.3 is 6.09 Å². The van der Waals surface area contributed by atoms with Crippen molar-refractivity contribution >= 4 is 19.1 Å². The summed E-state index contributed by atoms with van der Waals surface area (Å²) in [5.74, 6) is 0. The van der Waals surface area contributed by atoms with E-state index < -0.39 is 30.6 Å². The highest BCUT2D eigenvalue weighted by molar-refractivity contribution is 7.60. The maximum atomic E-state index is 14.1. The van der Waals surface area contributed by atoms with Crippen LogP contribution in [0.2, 0.25) is 0 Å². The lowest BCUT2D eigenvalue weighted by Gasteiger charge is -2.38. The number of carbonyl (C=O) groups is 1. The van der Waals surface area contributed by atoms with E-state index in [0.717, 1.165) is 11.1 Å². The van der Waals surface area contributed by atoms with Gasteiger partial charge in [-0.25, -0.2) is 4.79 Å². The number of nitrogens with two attached hydrogens (primary N) is 1. The highest BCUT2D eigenvalue weighted by Crippen LogP contribution is 2.60. The van der Waals surface area contributed by atoms with E-state index in [9.17, 15) is 9.36 Å². The lowest BCUT2D eigenvalue weighted by Crippen LogP contribution is -2.45. The second kappa shape index (κ2) is 12.0. The molecule has 0 bridgehead atoms. The minimum absolute atomic E-state index is 0.00478. The van der Waals surface area contributed by atoms with Gasteiger partial charge in [-0.05, 0) is 85.1 Å². The zero-order valence-electron chi connectivity index (χ0n) is 20.8. The summed E-state index contributed by atoms with van der Waals surface area (Å²) in [7, 11) is -3.55. The number of nitrogens with one attached hydrogen (secondary N) is 1. The van der Waals surface area contributed by atoms with Crippen molar-refractivity contribution in [2.75, 3.05) is 31.7 Å². The Morgan fingerprint density at radius 3 is 2.19 bits per heavy atom. The van der Waals surface area contributed by atoms with Gasteiger partial charge in [-0.2, -0.15) is 0 Å². The maximum absolute atomic E-state index is 14.1. The van der Waals surface area contributed by atoms with Crippen LogP contribution >= 0.6 is 7.37 Å². The standard InChI is InChI=1S/C23H41N2O6P/c1-9-28-23(8,29-10-2)32(27,30-11-3)16-20(25-21(26)31-22(5,6)7)15-18-14-19(24)13-12-17(18)4/h12-14,20H,9-11,15-16,24H2,1-8H3,(H,25,26)/t20-,32?/m1/s1. The number of ether oxygens (including phenoxy) is 3. The average molecular weight is 473 g/mol. The molecule has 1 aromatic carbocycles. The number of carbonyl (C=O) groups excluding carboxylic acids is 1. The van der Waals surface area contributed by atoms with E-state index in [1.165, 1.54) is 0 Å². The summed E-state index contributed by atoms with van der Waals surface area (Å²) in [6.07, 6.45) is -0.201. The van der Waals surface area contributed by atoms with Gasteiger partial charge in [0.25, 0.3) is 7.37 Å². The Hall–Kier alpha value is -1.60. The molecule has 32 heavy (non-hydrogen) atoms. The number of nitrogen functional groups attached to an aromatic ring is 1. The van der Waals surface area contributed by atoms with E-state index in [1.807, 2.05) is 25.1 Å². The van der Waals surface area contributed by atoms with Crippen LogP contribution in [0.1, 0.15) is 59.6 Å². The third-order valence-corrected chi connectivity index (χ3v) is 7.89. The van der Waals surface area contributed by atoms with Crippen molar-refractivity contribution in [3.63, 3.8) is 0 Å². The predicted molar refractivity (Wildman–Crippen MR) is 128 cm³/mol. The Balaban J connectivity index is 3.34. The van der Waals surface area contributed by atoms with Crippen molar-refractivity contribution in [2.45, 2.75) is 79.0 Å². The molecule has 1 rings (SSSR count). The first-order valence-corrected chi connectivity index (χ1v) is 13.0. The topological polar surface area (TPSA) is 109 Å². The van der Waals surface area contributed by atoms with Gasteiger partial charge in [-0.3, -0.25) is 4.57 Å². The second-order valence-corrected chi connectivity index (χ2v) is 11.6. The fourth-order valence-corrected chi connectivity index (χ4v) is 5.96. The fraction of sp³-hybridized carbons (Fsp3) is 0.696. The lowest BCUT2D eigenvalue weighted by molar-refractivity contribution is -0.168. The summed E-state index contributed by atoms with van der Waals surface area (Å²) in [4.78, 5) is 12.6. The monoisotopic (exact) mass is 472 g/mol. The van der Waals surface area contributed by atoms with E-state index in [0.29, 0.717) is 25.3 Å². The molecule has 0 aliphatic heterocycles. The van der Waals surface area contributed by atoms with Crippen LogP contribution < -0.4 is 11.1 Å². The van der Waals surface area contributed by atoms with Crippen molar-refractivity contribution < 1.29 is 28.1 Å². The molecule has 0 aliphatic carbocycles. The Labute approximate surface area is 193 Å². The Bertz CT molecular complexity index is 787. The van der Waals surface area contributed by atoms with Crippen molar-refractivity contribution in [2.24, 2.45) is 0 Å². The summed E-state index contributed by atoms with van der Waals surface area (Å²) in [5, 5.41) is 2.87. The van der Waals surface area contributed by atoms with Crippen LogP contribution in [0, 0.1) is 6.92 Å². The van der Waals surface area contributed by atoms with Gasteiger partial charge in [0.15, 0.2) is 0 Å².